The molecule has 104 valence electrons. The molecule has 0 fully saturated rings. The zero-order valence-electron chi connectivity index (χ0n) is 10.6. The molecule has 1 atom stereocenters. The van der Waals surface area contributed by atoms with E-state index in [9.17, 15) is 18.0 Å². The largest absolute Gasteiger partial charge is 0.416 e. The second kappa shape index (κ2) is 5.90. The Balaban J connectivity index is 2.33. The molecule has 0 aliphatic rings. The molecule has 0 aromatic heterocycles. The molecule has 20 heavy (non-hydrogen) atoms. The number of hydrogen-bond donors (Lipinski definition) is 0. The van der Waals surface area contributed by atoms with Crippen LogP contribution in [0, 0.1) is 0 Å². The minimum Gasteiger partial charge on any atom is -0.303 e. The molecule has 0 spiro atoms. The van der Waals surface area contributed by atoms with E-state index in [2.05, 4.69) is 0 Å². The van der Waals surface area contributed by atoms with Gasteiger partial charge in [0.15, 0.2) is 0 Å². The Morgan fingerprint density at radius 1 is 0.900 bits per heavy atom. The third-order valence-electron chi connectivity index (χ3n) is 3.17. The van der Waals surface area contributed by atoms with E-state index in [1.807, 2.05) is 30.3 Å². The molecule has 0 aliphatic heterocycles. The second-order valence-corrected chi connectivity index (χ2v) is 4.49. The molecule has 0 N–H and O–H groups in total. The first-order chi connectivity index (χ1) is 9.52. The van der Waals surface area contributed by atoms with Gasteiger partial charge in [-0.2, -0.15) is 13.2 Å². The van der Waals surface area contributed by atoms with Gasteiger partial charge in [0.2, 0.25) is 0 Å². The first kappa shape index (κ1) is 14.3. The van der Waals surface area contributed by atoms with Gasteiger partial charge in [-0.25, -0.2) is 0 Å². The van der Waals surface area contributed by atoms with Crippen molar-refractivity contribution in [1.82, 2.24) is 0 Å². The summed E-state index contributed by atoms with van der Waals surface area (Å²) in [6, 6.07) is 14.3. The highest BCUT2D eigenvalue weighted by atomic mass is 19.4. The third-order valence-corrected chi connectivity index (χ3v) is 3.17. The number of aldehydes is 1. The van der Waals surface area contributed by atoms with Gasteiger partial charge in [-0.3, -0.25) is 0 Å². The van der Waals surface area contributed by atoms with E-state index in [1.54, 1.807) is 0 Å². The van der Waals surface area contributed by atoms with Crippen molar-refractivity contribution in [2.45, 2.75) is 18.5 Å². The smallest absolute Gasteiger partial charge is 0.303 e. The van der Waals surface area contributed by atoms with E-state index >= 15 is 0 Å². The van der Waals surface area contributed by atoms with Crippen LogP contribution in [0.1, 0.15) is 29.0 Å². The molecule has 0 saturated carbocycles. The van der Waals surface area contributed by atoms with Crippen molar-refractivity contribution in [1.29, 1.82) is 0 Å². The quantitative estimate of drug-likeness (QED) is 0.756. The molecular formula is C16H13F3O. The number of carbonyl (C=O) groups excluding carboxylic acids is 1. The SMILES string of the molecule is O=CCC(c1ccccc1)c1ccc(C(F)(F)F)cc1. The number of alkyl halides is 3. The molecule has 4 heteroatoms. The van der Waals surface area contributed by atoms with E-state index in [0.29, 0.717) is 5.56 Å². The summed E-state index contributed by atoms with van der Waals surface area (Å²) in [5.74, 6) is -0.212. The van der Waals surface area contributed by atoms with Crippen molar-refractivity contribution in [3.05, 3.63) is 71.3 Å². The van der Waals surface area contributed by atoms with Gasteiger partial charge >= 0.3 is 6.18 Å². The fraction of sp³-hybridized carbons (Fsp3) is 0.188. The van der Waals surface area contributed by atoms with Crippen molar-refractivity contribution in [2.24, 2.45) is 0 Å². The molecule has 2 aromatic carbocycles. The van der Waals surface area contributed by atoms with Crippen LogP contribution in [0.15, 0.2) is 54.6 Å². The summed E-state index contributed by atoms with van der Waals surface area (Å²) in [7, 11) is 0. The number of benzene rings is 2. The predicted molar refractivity (Wildman–Crippen MR) is 70.4 cm³/mol. The van der Waals surface area contributed by atoms with Crippen LogP contribution >= 0.6 is 0 Å². The van der Waals surface area contributed by atoms with Crippen LogP contribution in [-0.4, -0.2) is 6.29 Å². The first-order valence-corrected chi connectivity index (χ1v) is 6.18. The third kappa shape index (κ3) is 3.26. The lowest BCUT2D eigenvalue weighted by Crippen LogP contribution is -2.06. The number of hydrogen-bond acceptors (Lipinski definition) is 1. The monoisotopic (exact) mass is 278 g/mol. The van der Waals surface area contributed by atoms with Crippen LogP contribution in [0.5, 0.6) is 0 Å². The van der Waals surface area contributed by atoms with Crippen LogP contribution in [-0.2, 0) is 11.0 Å². The Hall–Kier alpha value is -2.10. The number of rotatable bonds is 4. The van der Waals surface area contributed by atoms with Crippen LogP contribution in [0.4, 0.5) is 13.2 Å². The van der Waals surface area contributed by atoms with E-state index < -0.39 is 11.7 Å². The summed E-state index contributed by atoms with van der Waals surface area (Å²) in [5.41, 5.74) is 0.940. The normalized spacial score (nSPS) is 12.9. The average molecular weight is 278 g/mol. The Morgan fingerprint density at radius 3 is 1.95 bits per heavy atom. The van der Waals surface area contributed by atoms with Gasteiger partial charge in [0.1, 0.15) is 6.29 Å². The number of carbonyl (C=O) groups is 1. The van der Waals surface area contributed by atoms with E-state index in [4.69, 9.17) is 0 Å². The van der Waals surface area contributed by atoms with E-state index in [0.717, 1.165) is 24.0 Å². The van der Waals surface area contributed by atoms with Crippen molar-refractivity contribution < 1.29 is 18.0 Å². The minimum atomic E-state index is -4.34. The Kier molecular flexibility index (Phi) is 4.23. The van der Waals surface area contributed by atoms with Crippen LogP contribution in [0.25, 0.3) is 0 Å². The van der Waals surface area contributed by atoms with Gasteiger partial charge in [0.05, 0.1) is 5.56 Å². The average Bonchev–Trinajstić information content (AvgIpc) is 2.45. The lowest BCUT2D eigenvalue weighted by molar-refractivity contribution is -0.137. The fourth-order valence-electron chi connectivity index (χ4n) is 2.15. The highest BCUT2D eigenvalue weighted by molar-refractivity contribution is 5.54. The van der Waals surface area contributed by atoms with Gasteiger partial charge in [-0.15, -0.1) is 0 Å². The summed E-state index contributed by atoms with van der Waals surface area (Å²) < 4.78 is 37.6. The van der Waals surface area contributed by atoms with Gasteiger partial charge in [-0.1, -0.05) is 42.5 Å². The molecule has 2 rings (SSSR count). The predicted octanol–water partition coefficient (Wildman–Crippen LogP) is 4.43. The topological polar surface area (TPSA) is 17.1 Å². The lowest BCUT2D eigenvalue weighted by Gasteiger charge is -2.16. The molecule has 0 bridgehead atoms. The maximum Gasteiger partial charge on any atom is 0.416 e. The van der Waals surface area contributed by atoms with E-state index in [1.165, 1.54) is 12.1 Å². The van der Waals surface area contributed by atoms with Gasteiger partial charge in [-0.05, 0) is 23.3 Å². The standard InChI is InChI=1S/C16H13F3O/c17-16(18,19)14-8-6-13(7-9-14)15(10-11-20)12-4-2-1-3-5-12/h1-9,11,15H,10H2. The van der Waals surface area contributed by atoms with Crippen molar-refractivity contribution >= 4 is 6.29 Å². The van der Waals surface area contributed by atoms with Gasteiger partial charge in [0, 0.05) is 12.3 Å². The zero-order valence-corrected chi connectivity index (χ0v) is 10.6. The Morgan fingerprint density at radius 2 is 1.45 bits per heavy atom. The molecule has 2 aromatic rings. The fourth-order valence-corrected chi connectivity index (χ4v) is 2.15. The summed E-state index contributed by atoms with van der Waals surface area (Å²) in [6.07, 6.45) is -3.31. The highest BCUT2D eigenvalue weighted by Gasteiger charge is 2.30. The molecule has 0 saturated heterocycles. The van der Waals surface area contributed by atoms with Crippen molar-refractivity contribution in [3.8, 4) is 0 Å². The molecule has 0 radical (unpaired) electrons. The van der Waals surface area contributed by atoms with Crippen LogP contribution < -0.4 is 0 Å². The second-order valence-electron chi connectivity index (χ2n) is 4.49. The minimum absolute atomic E-state index is 0.212. The molecular weight excluding hydrogens is 265 g/mol. The van der Waals surface area contributed by atoms with Crippen LogP contribution in [0.3, 0.4) is 0 Å². The highest BCUT2D eigenvalue weighted by Crippen LogP contribution is 2.32. The molecule has 0 aliphatic carbocycles. The summed E-state index contributed by atoms with van der Waals surface area (Å²) >= 11 is 0. The van der Waals surface area contributed by atoms with Gasteiger partial charge < -0.3 is 4.79 Å². The molecule has 1 unspecified atom stereocenters. The molecule has 1 nitrogen and oxygen atoms in total. The summed E-state index contributed by atoms with van der Waals surface area (Å²) in [4.78, 5) is 10.8. The summed E-state index contributed by atoms with van der Waals surface area (Å²) in [6.45, 7) is 0. The zero-order chi connectivity index (χ0) is 14.6. The van der Waals surface area contributed by atoms with E-state index in [-0.39, 0.29) is 12.3 Å². The molecule has 0 heterocycles. The number of halogens is 3. The first-order valence-electron chi connectivity index (χ1n) is 6.18. The summed E-state index contributed by atoms with van der Waals surface area (Å²) in [5, 5.41) is 0. The maximum absolute atomic E-state index is 12.5. The van der Waals surface area contributed by atoms with Crippen LogP contribution in [0.2, 0.25) is 0 Å². The van der Waals surface area contributed by atoms with Crippen molar-refractivity contribution in [3.63, 3.8) is 0 Å². The maximum atomic E-state index is 12.5. The Bertz CT molecular complexity index is 559. The molecule has 0 amide bonds. The lowest BCUT2D eigenvalue weighted by atomic mass is 9.88. The Labute approximate surface area is 115 Å². The van der Waals surface area contributed by atoms with Gasteiger partial charge in [0.25, 0.3) is 0 Å². The van der Waals surface area contributed by atoms with Crippen molar-refractivity contribution in [2.75, 3.05) is 0 Å².